The van der Waals surface area contributed by atoms with Crippen molar-refractivity contribution in [2.75, 3.05) is 65.8 Å². The summed E-state index contributed by atoms with van der Waals surface area (Å²) in [5.74, 6) is 0.935. The summed E-state index contributed by atoms with van der Waals surface area (Å²) in [6.45, 7) is 10.9. The van der Waals surface area contributed by atoms with Gasteiger partial charge in [0.05, 0.1) is 32.5 Å². The minimum atomic E-state index is 0. The Morgan fingerprint density at radius 1 is 1.10 bits per heavy atom. The van der Waals surface area contributed by atoms with E-state index in [2.05, 4.69) is 22.5 Å². The molecule has 7 nitrogen and oxygen atoms in total. The van der Waals surface area contributed by atoms with Gasteiger partial charge in [0, 0.05) is 44.9 Å². The molecule has 1 unspecified atom stereocenters. The first-order valence-electron chi connectivity index (χ1n) is 11.9. The molecule has 1 aliphatic carbocycles. The van der Waals surface area contributed by atoms with Gasteiger partial charge < -0.3 is 24.8 Å². The number of ether oxygens (including phenoxy) is 3. The van der Waals surface area contributed by atoms with Crippen LogP contribution >= 0.6 is 24.0 Å². The summed E-state index contributed by atoms with van der Waals surface area (Å²) in [6.07, 6.45) is 10.1. The number of halogens is 1. The van der Waals surface area contributed by atoms with Crippen molar-refractivity contribution in [1.29, 1.82) is 0 Å². The van der Waals surface area contributed by atoms with Crippen LogP contribution in [0, 0.1) is 0 Å². The molecule has 0 bridgehead atoms. The molecule has 2 saturated heterocycles. The minimum absolute atomic E-state index is 0. The monoisotopic (exact) mass is 538 g/mol. The largest absolute Gasteiger partial charge is 0.379 e. The Labute approximate surface area is 200 Å². The van der Waals surface area contributed by atoms with E-state index in [1.54, 1.807) is 0 Å². The summed E-state index contributed by atoms with van der Waals surface area (Å²) in [5, 5.41) is 6.91. The Hall–Kier alpha value is -0.160. The third-order valence-corrected chi connectivity index (χ3v) is 6.43. The average molecular weight is 539 g/mol. The second-order valence-electron chi connectivity index (χ2n) is 8.57. The lowest BCUT2D eigenvalue weighted by Gasteiger charge is -2.47. The lowest BCUT2D eigenvalue weighted by molar-refractivity contribution is -0.0333. The highest BCUT2D eigenvalue weighted by molar-refractivity contribution is 14.0. The van der Waals surface area contributed by atoms with Crippen LogP contribution < -0.4 is 10.6 Å². The van der Waals surface area contributed by atoms with Crippen LogP contribution in [0.5, 0.6) is 0 Å². The second kappa shape index (κ2) is 14.8. The quantitative estimate of drug-likeness (QED) is 0.193. The summed E-state index contributed by atoms with van der Waals surface area (Å²) in [7, 11) is 0. The Morgan fingerprint density at radius 3 is 2.60 bits per heavy atom. The molecule has 0 amide bonds. The number of hydrogen-bond acceptors (Lipinski definition) is 5. The zero-order chi connectivity index (χ0) is 20.2. The van der Waals surface area contributed by atoms with Gasteiger partial charge in [-0.05, 0) is 39.0 Å². The van der Waals surface area contributed by atoms with E-state index in [9.17, 15) is 0 Å². The van der Waals surface area contributed by atoms with Gasteiger partial charge in [0.1, 0.15) is 0 Å². The van der Waals surface area contributed by atoms with E-state index in [-0.39, 0.29) is 29.5 Å². The first kappa shape index (κ1) is 26.1. The minimum Gasteiger partial charge on any atom is -0.379 e. The number of nitrogens with one attached hydrogen (secondary N) is 2. The fourth-order valence-corrected chi connectivity index (χ4v) is 4.76. The van der Waals surface area contributed by atoms with E-state index in [4.69, 9.17) is 19.2 Å². The Kier molecular flexibility index (Phi) is 12.9. The third-order valence-electron chi connectivity index (χ3n) is 6.43. The number of hydrogen-bond donors (Lipinski definition) is 2. The molecule has 0 aromatic carbocycles. The summed E-state index contributed by atoms with van der Waals surface area (Å²) in [5.41, 5.74) is 0.217. The van der Waals surface area contributed by atoms with Crippen molar-refractivity contribution >= 4 is 29.9 Å². The highest BCUT2D eigenvalue weighted by atomic mass is 127. The average Bonchev–Trinajstić information content (AvgIpc) is 3.29. The number of morpholine rings is 1. The van der Waals surface area contributed by atoms with Crippen molar-refractivity contribution in [1.82, 2.24) is 15.5 Å². The number of guanidine groups is 1. The summed E-state index contributed by atoms with van der Waals surface area (Å²) >= 11 is 0. The molecule has 0 radical (unpaired) electrons. The van der Waals surface area contributed by atoms with Gasteiger partial charge in [-0.3, -0.25) is 9.89 Å². The van der Waals surface area contributed by atoms with Gasteiger partial charge in [0.2, 0.25) is 0 Å². The molecule has 176 valence electrons. The maximum Gasteiger partial charge on any atom is 0.191 e. The van der Waals surface area contributed by atoms with Crippen LogP contribution in [0.3, 0.4) is 0 Å². The van der Waals surface area contributed by atoms with Gasteiger partial charge in [-0.25, -0.2) is 0 Å². The molecule has 0 aromatic rings. The van der Waals surface area contributed by atoms with Crippen molar-refractivity contribution in [3.05, 3.63) is 0 Å². The molecule has 0 spiro atoms. The van der Waals surface area contributed by atoms with Crippen LogP contribution in [0.2, 0.25) is 0 Å². The normalized spacial score (nSPS) is 25.0. The zero-order valence-corrected chi connectivity index (χ0v) is 21.2. The van der Waals surface area contributed by atoms with Gasteiger partial charge in [0.25, 0.3) is 0 Å². The molecular formula is C22H43IN4O3. The summed E-state index contributed by atoms with van der Waals surface area (Å²) in [4.78, 5) is 7.67. The van der Waals surface area contributed by atoms with E-state index in [0.29, 0.717) is 6.10 Å². The summed E-state index contributed by atoms with van der Waals surface area (Å²) < 4.78 is 17.0. The van der Waals surface area contributed by atoms with Crippen molar-refractivity contribution in [3.8, 4) is 0 Å². The highest BCUT2D eigenvalue weighted by Gasteiger charge is 2.38. The molecule has 3 rings (SSSR count). The Bertz CT molecular complexity index is 477. The number of nitrogens with zero attached hydrogens (tertiary/aromatic N) is 2. The number of aliphatic imine (C=N–C) groups is 1. The highest BCUT2D eigenvalue weighted by Crippen LogP contribution is 2.34. The fourth-order valence-electron chi connectivity index (χ4n) is 4.76. The topological polar surface area (TPSA) is 67.4 Å². The van der Waals surface area contributed by atoms with E-state index < -0.39 is 0 Å². The molecule has 0 aromatic heterocycles. The van der Waals surface area contributed by atoms with Gasteiger partial charge >= 0.3 is 0 Å². The molecule has 3 aliphatic rings. The maximum atomic E-state index is 5.77. The van der Waals surface area contributed by atoms with Crippen LogP contribution in [-0.2, 0) is 14.2 Å². The lowest BCUT2D eigenvalue weighted by atomic mass is 9.80. The Balaban J connectivity index is 0.00000320. The molecule has 2 N–H and O–H groups in total. The van der Waals surface area contributed by atoms with Crippen LogP contribution in [0.25, 0.3) is 0 Å². The second-order valence-corrected chi connectivity index (χ2v) is 8.57. The van der Waals surface area contributed by atoms with Gasteiger partial charge in [-0.2, -0.15) is 0 Å². The van der Waals surface area contributed by atoms with Gasteiger partial charge in [0.15, 0.2) is 5.96 Å². The van der Waals surface area contributed by atoms with Crippen molar-refractivity contribution in [2.24, 2.45) is 4.99 Å². The zero-order valence-electron chi connectivity index (χ0n) is 18.8. The molecule has 30 heavy (non-hydrogen) atoms. The standard InChI is InChI=1S/C22H42N4O3.HI/c1-2-23-21(24-11-7-14-28-18-20-8-6-15-29-20)25-19-22(9-4-3-5-10-22)26-12-16-27-17-13-26;/h20H,2-19H2,1H3,(H2,23,24,25);1H. The van der Waals surface area contributed by atoms with Gasteiger partial charge in [-0.1, -0.05) is 19.3 Å². The Morgan fingerprint density at radius 2 is 1.90 bits per heavy atom. The predicted molar refractivity (Wildman–Crippen MR) is 132 cm³/mol. The first-order valence-corrected chi connectivity index (χ1v) is 11.9. The van der Waals surface area contributed by atoms with Crippen LogP contribution in [0.1, 0.15) is 58.3 Å². The van der Waals surface area contributed by atoms with E-state index in [1.165, 1.54) is 38.5 Å². The molecule has 1 atom stereocenters. The molecular weight excluding hydrogens is 495 g/mol. The van der Waals surface area contributed by atoms with Crippen molar-refractivity contribution in [3.63, 3.8) is 0 Å². The number of rotatable bonds is 10. The van der Waals surface area contributed by atoms with Crippen LogP contribution in [0.4, 0.5) is 0 Å². The van der Waals surface area contributed by atoms with Gasteiger partial charge in [-0.15, -0.1) is 24.0 Å². The molecule has 2 aliphatic heterocycles. The molecule has 3 fully saturated rings. The van der Waals surface area contributed by atoms with E-state index in [0.717, 1.165) is 84.6 Å². The molecule has 2 heterocycles. The first-order chi connectivity index (χ1) is 14.3. The fraction of sp³-hybridized carbons (Fsp3) is 0.955. The molecule has 1 saturated carbocycles. The smallest absolute Gasteiger partial charge is 0.191 e. The van der Waals surface area contributed by atoms with Crippen molar-refractivity contribution in [2.45, 2.75) is 69.9 Å². The predicted octanol–water partition coefficient (Wildman–Crippen LogP) is 2.78. The SMILES string of the molecule is CCNC(=NCC1(N2CCOCC2)CCCCC1)NCCCOCC1CCCO1.I. The van der Waals surface area contributed by atoms with Crippen molar-refractivity contribution < 1.29 is 14.2 Å². The third kappa shape index (κ3) is 8.41. The van der Waals surface area contributed by atoms with Crippen LogP contribution in [-0.4, -0.2) is 88.3 Å². The maximum absolute atomic E-state index is 5.77. The lowest BCUT2D eigenvalue weighted by Crippen LogP contribution is -2.56. The molecule has 8 heteroatoms. The van der Waals surface area contributed by atoms with Crippen LogP contribution in [0.15, 0.2) is 4.99 Å². The van der Waals surface area contributed by atoms with E-state index in [1.807, 2.05) is 0 Å². The van der Waals surface area contributed by atoms with E-state index >= 15 is 0 Å². The summed E-state index contributed by atoms with van der Waals surface area (Å²) in [6, 6.07) is 0.